The Labute approximate surface area is 118 Å². The smallest absolute Gasteiger partial charge is 0.212 e. The molecule has 0 unspecified atom stereocenters. The van der Waals surface area contributed by atoms with Crippen LogP contribution in [0.3, 0.4) is 0 Å². The second kappa shape index (κ2) is 4.17. The van der Waals surface area contributed by atoms with Crippen molar-refractivity contribution >= 4 is 0 Å². The topological polar surface area (TPSA) is 53.0 Å². The molecule has 2 N–H and O–H groups in total. The highest BCUT2D eigenvalue weighted by Gasteiger charge is 2.39. The summed E-state index contributed by atoms with van der Waals surface area (Å²) >= 11 is 0. The van der Waals surface area contributed by atoms with E-state index < -0.39 is 0 Å². The monoisotopic (exact) mass is 270 g/mol. The molecular weight excluding hydrogens is 252 g/mol. The van der Waals surface area contributed by atoms with E-state index in [2.05, 4.69) is 20.8 Å². The van der Waals surface area contributed by atoms with Gasteiger partial charge in [-0.3, -0.25) is 0 Å². The Bertz CT molecular complexity index is 670. The lowest BCUT2D eigenvalue weighted by molar-refractivity contribution is 0.463. The van der Waals surface area contributed by atoms with Crippen molar-refractivity contribution in [1.82, 2.24) is 0 Å². The van der Waals surface area contributed by atoms with Crippen LogP contribution in [-0.4, -0.2) is 10.2 Å². The summed E-state index contributed by atoms with van der Waals surface area (Å²) in [5, 5.41) is 19.3. The molecule has 1 heterocycles. The molecule has 0 fully saturated rings. The van der Waals surface area contributed by atoms with Crippen LogP contribution in [0.5, 0.6) is 23.0 Å². The highest BCUT2D eigenvalue weighted by atomic mass is 16.6. The van der Waals surface area contributed by atoms with Crippen LogP contribution < -0.4 is 4.74 Å². The normalized spacial score (nSPS) is 12.8. The van der Waals surface area contributed by atoms with Gasteiger partial charge in [0.2, 0.25) is 5.75 Å². The van der Waals surface area contributed by atoms with Gasteiger partial charge in [0, 0.05) is 11.0 Å². The van der Waals surface area contributed by atoms with E-state index in [1.165, 1.54) is 0 Å². The molecule has 0 radical (unpaired) electrons. The number of aromatic hydroxyl groups is 2. The molecule has 0 amide bonds. The van der Waals surface area contributed by atoms with E-state index in [4.69, 9.17) is 4.74 Å². The first-order chi connectivity index (χ1) is 9.45. The third-order valence-electron chi connectivity index (χ3n) is 4.06. The summed E-state index contributed by atoms with van der Waals surface area (Å²) in [5.74, 6) is 1.89. The van der Waals surface area contributed by atoms with E-state index in [9.17, 15) is 10.2 Å². The zero-order valence-corrected chi connectivity index (χ0v) is 11.9. The van der Waals surface area contributed by atoms with Crippen LogP contribution in [0.15, 0.2) is 30.3 Å². The van der Waals surface area contributed by atoms with Gasteiger partial charge in [0.05, 0.1) is 0 Å². The zero-order valence-electron chi connectivity index (χ0n) is 11.9. The minimum absolute atomic E-state index is 0.224. The van der Waals surface area contributed by atoms with Crippen LogP contribution in [0.2, 0.25) is 0 Å². The van der Waals surface area contributed by atoms with Crippen molar-refractivity contribution in [2.75, 3.05) is 0 Å². The largest absolute Gasteiger partial charge is 0.508 e. The van der Waals surface area contributed by atoms with Crippen molar-refractivity contribution in [2.24, 2.45) is 0 Å². The van der Waals surface area contributed by atoms with Crippen molar-refractivity contribution in [3.8, 4) is 23.0 Å². The molecule has 3 heteroatoms. The second-order valence-corrected chi connectivity index (χ2v) is 5.72. The zero-order chi connectivity index (χ0) is 14.5. The lowest BCUT2D eigenvalue weighted by Gasteiger charge is -2.27. The first-order valence-electron chi connectivity index (χ1n) is 6.81. The minimum atomic E-state index is -0.243. The number of hydrogen-bond acceptors (Lipinski definition) is 3. The van der Waals surface area contributed by atoms with E-state index in [1.54, 1.807) is 18.2 Å². The van der Waals surface area contributed by atoms with E-state index in [1.807, 2.05) is 12.1 Å². The quantitative estimate of drug-likeness (QED) is 0.705. The highest BCUT2D eigenvalue weighted by molar-refractivity contribution is 5.71. The van der Waals surface area contributed by atoms with Gasteiger partial charge in [-0.2, -0.15) is 0 Å². The van der Waals surface area contributed by atoms with E-state index in [0.717, 1.165) is 28.9 Å². The maximum Gasteiger partial charge on any atom is 0.212 e. The molecule has 0 saturated carbocycles. The third-order valence-corrected chi connectivity index (χ3v) is 4.06. The summed E-state index contributed by atoms with van der Waals surface area (Å²) in [5.41, 5.74) is 3.08. The van der Waals surface area contributed by atoms with Gasteiger partial charge in [0.15, 0.2) is 11.5 Å². The SMILES string of the molecule is CCc1cc(O)c2c(c1C(C)(C)c1ccc(O)cc1)O2. The van der Waals surface area contributed by atoms with E-state index in [0.29, 0.717) is 5.75 Å². The Morgan fingerprint density at radius 1 is 1.05 bits per heavy atom. The summed E-state index contributed by atoms with van der Waals surface area (Å²) in [4.78, 5) is 0. The van der Waals surface area contributed by atoms with Crippen LogP contribution in [0.25, 0.3) is 0 Å². The summed E-state index contributed by atoms with van der Waals surface area (Å²) < 4.78 is 5.47. The van der Waals surface area contributed by atoms with Crippen molar-refractivity contribution in [3.63, 3.8) is 0 Å². The van der Waals surface area contributed by atoms with E-state index >= 15 is 0 Å². The first-order valence-corrected chi connectivity index (χ1v) is 6.81. The van der Waals surface area contributed by atoms with E-state index in [-0.39, 0.29) is 16.9 Å². The number of phenolic OH excluding ortho intramolecular Hbond substituents is 2. The van der Waals surface area contributed by atoms with Crippen LogP contribution in [-0.2, 0) is 11.8 Å². The van der Waals surface area contributed by atoms with Gasteiger partial charge < -0.3 is 14.9 Å². The van der Waals surface area contributed by atoms with Crippen LogP contribution in [0, 0.1) is 0 Å². The number of rotatable bonds is 3. The minimum Gasteiger partial charge on any atom is -0.508 e. The number of phenols is 2. The molecule has 0 aliphatic carbocycles. The molecule has 20 heavy (non-hydrogen) atoms. The molecule has 1 aliphatic heterocycles. The predicted molar refractivity (Wildman–Crippen MR) is 77.8 cm³/mol. The number of hydrogen-bond donors (Lipinski definition) is 2. The molecule has 0 saturated heterocycles. The lowest BCUT2D eigenvalue weighted by atomic mass is 9.75. The average Bonchev–Trinajstić information content (AvgIpc) is 3.19. The lowest BCUT2D eigenvalue weighted by Crippen LogP contribution is -2.20. The molecule has 0 atom stereocenters. The standard InChI is InChI=1S/C17H18O3/c1-4-10-9-13(19)15-16(20-15)14(10)17(2,3)11-5-7-12(18)8-6-11/h5-9,18-19H,4H2,1-3H3. The van der Waals surface area contributed by atoms with Crippen LogP contribution in [0.4, 0.5) is 0 Å². The fraction of sp³-hybridized carbons (Fsp3) is 0.294. The van der Waals surface area contributed by atoms with Crippen molar-refractivity contribution in [3.05, 3.63) is 47.0 Å². The average molecular weight is 270 g/mol. The fourth-order valence-electron chi connectivity index (χ4n) is 2.84. The summed E-state index contributed by atoms with van der Waals surface area (Å²) in [6.45, 7) is 6.33. The number of aryl methyl sites for hydroxylation is 1. The Hall–Kier alpha value is -2.16. The first kappa shape index (κ1) is 12.9. The second-order valence-electron chi connectivity index (χ2n) is 5.72. The molecule has 0 aromatic heterocycles. The van der Waals surface area contributed by atoms with Crippen molar-refractivity contribution in [1.29, 1.82) is 0 Å². The van der Waals surface area contributed by atoms with Gasteiger partial charge >= 0.3 is 0 Å². The fourth-order valence-corrected chi connectivity index (χ4v) is 2.84. The molecule has 0 spiro atoms. The molecule has 2 aromatic rings. The Balaban J connectivity index is 2.15. The summed E-state index contributed by atoms with van der Waals surface area (Å²) in [6, 6.07) is 9.04. The summed E-state index contributed by atoms with van der Waals surface area (Å²) in [7, 11) is 0. The summed E-state index contributed by atoms with van der Waals surface area (Å²) in [6.07, 6.45) is 0.834. The maximum atomic E-state index is 9.82. The molecular formula is C17H18O3. The molecule has 104 valence electrons. The molecule has 1 aliphatic rings. The molecule has 2 aromatic carbocycles. The Morgan fingerprint density at radius 2 is 1.70 bits per heavy atom. The Kier molecular flexibility index (Phi) is 2.68. The maximum absolute atomic E-state index is 9.82. The van der Waals surface area contributed by atoms with Gasteiger partial charge in [0.25, 0.3) is 0 Å². The number of fused-ring (bicyclic) bond motifs is 1. The Morgan fingerprint density at radius 3 is 2.30 bits per heavy atom. The molecule has 3 nitrogen and oxygen atoms in total. The van der Waals surface area contributed by atoms with Gasteiger partial charge in [-0.05, 0) is 35.7 Å². The van der Waals surface area contributed by atoms with Crippen molar-refractivity contribution < 1.29 is 14.9 Å². The van der Waals surface area contributed by atoms with Gasteiger partial charge in [-0.25, -0.2) is 0 Å². The van der Waals surface area contributed by atoms with Crippen LogP contribution >= 0.6 is 0 Å². The molecule has 0 bridgehead atoms. The van der Waals surface area contributed by atoms with Crippen molar-refractivity contribution in [2.45, 2.75) is 32.6 Å². The number of ether oxygens (including phenoxy) is 1. The number of benzene rings is 2. The van der Waals surface area contributed by atoms with Gasteiger partial charge in [0.1, 0.15) is 5.75 Å². The highest BCUT2D eigenvalue weighted by Crippen LogP contribution is 2.59. The van der Waals surface area contributed by atoms with Crippen LogP contribution in [0.1, 0.15) is 37.5 Å². The third kappa shape index (κ3) is 1.82. The predicted octanol–water partition coefficient (Wildman–Crippen LogP) is 4.09. The molecule has 3 rings (SSSR count). The van der Waals surface area contributed by atoms with Gasteiger partial charge in [-0.15, -0.1) is 0 Å². The van der Waals surface area contributed by atoms with Gasteiger partial charge in [-0.1, -0.05) is 32.9 Å².